The molecule has 0 heterocycles. The van der Waals surface area contributed by atoms with E-state index in [0.29, 0.717) is 22.4 Å². The number of nitro groups is 1. The predicted octanol–water partition coefficient (Wildman–Crippen LogP) is 4.00. The van der Waals surface area contributed by atoms with E-state index in [1.54, 1.807) is 38.1 Å². The van der Waals surface area contributed by atoms with E-state index in [-0.39, 0.29) is 11.5 Å². The minimum absolute atomic E-state index is 0.000335. The number of hydrogen-bond acceptors (Lipinski definition) is 4. The molecule has 0 saturated heterocycles. The van der Waals surface area contributed by atoms with Crippen LogP contribution in [0.5, 0.6) is 0 Å². The molecule has 0 radical (unpaired) electrons. The monoisotopic (exact) mass is 328 g/mol. The lowest BCUT2D eigenvalue weighted by atomic mass is 10.1. The highest BCUT2D eigenvalue weighted by Gasteiger charge is 2.13. The summed E-state index contributed by atoms with van der Waals surface area (Å²) in [6.07, 6.45) is 2.84. The number of anilines is 1. The third kappa shape index (κ3) is 3.84. The van der Waals surface area contributed by atoms with Gasteiger partial charge in [0.2, 0.25) is 0 Å². The van der Waals surface area contributed by atoms with E-state index in [2.05, 4.69) is 0 Å². The number of rotatable bonds is 5. The van der Waals surface area contributed by atoms with Gasteiger partial charge in [-0.2, -0.15) is 0 Å². The smallest absolute Gasteiger partial charge is 0.272 e. The topological polar surface area (TPSA) is 63.5 Å². The zero-order valence-electron chi connectivity index (χ0n) is 13.6. The van der Waals surface area contributed by atoms with Gasteiger partial charge in [0, 0.05) is 31.3 Å². The number of benzene rings is 2. The Morgan fingerprint density at radius 1 is 1.21 bits per heavy atom. The number of ketones is 1. The first-order chi connectivity index (χ1) is 11.3. The zero-order valence-corrected chi connectivity index (χ0v) is 13.6. The first-order valence-corrected chi connectivity index (χ1v) is 7.24. The van der Waals surface area contributed by atoms with E-state index in [4.69, 9.17) is 0 Å². The third-order valence-electron chi connectivity index (χ3n) is 3.56. The fourth-order valence-corrected chi connectivity index (χ4v) is 2.27. The van der Waals surface area contributed by atoms with Crippen LogP contribution in [0.3, 0.4) is 0 Å². The maximum atomic E-state index is 13.4. The third-order valence-corrected chi connectivity index (χ3v) is 3.56. The number of aryl methyl sites for hydroxylation is 1. The number of allylic oxidation sites excluding steroid dienone is 1. The summed E-state index contributed by atoms with van der Waals surface area (Å²) in [5.74, 6) is -0.727. The summed E-state index contributed by atoms with van der Waals surface area (Å²) in [6, 6.07) is 8.68. The SMILES string of the molecule is Cc1ccc(/C=C/C(=O)c2ccc(F)cc2N(C)C)cc1[N+](=O)[O-]. The molecule has 0 N–H and O–H groups in total. The van der Waals surface area contributed by atoms with Crippen LogP contribution in [0.25, 0.3) is 6.08 Å². The van der Waals surface area contributed by atoms with Crippen LogP contribution in [0.1, 0.15) is 21.5 Å². The van der Waals surface area contributed by atoms with Crippen molar-refractivity contribution in [3.63, 3.8) is 0 Å². The van der Waals surface area contributed by atoms with Crippen molar-refractivity contribution in [2.45, 2.75) is 6.92 Å². The van der Waals surface area contributed by atoms with Crippen LogP contribution in [0.2, 0.25) is 0 Å². The van der Waals surface area contributed by atoms with Crippen molar-refractivity contribution in [3.05, 3.63) is 75.1 Å². The van der Waals surface area contributed by atoms with Crippen molar-refractivity contribution < 1.29 is 14.1 Å². The number of hydrogen-bond donors (Lipinski definition) is 0. The van der Waals surface area contributed by atoms with Gasteiger partial charge in [-0.05, 0) is 36.8 Å². The Bertz CT molecular complexity index is 829. The molecule has 2 aromatic rings. The molecule has 0 spiro atoms. The molecule has 5 nitrogen and oxygen atoms in total. The molecule has 0 atom stereocenters. The molecule has 0 aromatic heterocycles. The average Bonchev–Trinajstić information content (AvgIpc) is 2.53. The lowest BCUT2D eigenvalue weighted by Crippen LogP contribution is -2.13. The van der Waals surface area contributed by atoms with Gasteiger partial charge in [-0.15, -0.1) is 0 Å². The molecule has 0 aliphatic rings. The summed E-state index contributed by atoms with van der Waals surface area (Å²) in [6.45, 7) is 1.65. The Morgan fingerprint density at radius 2 is 1.92 bits per heavy atom. The van der Waals surface area contributed by atoms with Crippen LogP contribution in [0.4, 0.5) is 15.8 Å². The lowest BCUT2D eigenvalue weighted by Gasteiger charge is -2.15. The van der Waals surface area contributed by atoms with Gasteiger partial charge >= 0.3 is 0 Å². The first kappa shape index (κ1) is 17.3. The van der Waals surface area contributed by atoms with Gasteiger partial charge in [-0.3, -0.25) is 14.9 Å². The fraction of sp³-hybridized carbons (Fsp3) is 0.167. The molecule has 0 bridgehead atoms. The fourth-order valence-electron chi connectivity index (χ4n) is 2.27. The number of nitro benzene ring substituents is 1. The van der Waals surface area contributed by atoms with Gasteiger partial charge in [0.25, 0.3) is 5.69 Å². The van der Waals surface area contributed by atoms with Gasteiger partial charge in [0.05, 0.1) is 10.6 Å². The second kappa shape index (κ2) is 7.04. The molecular weight excluding hydrogens is 311 g/mol. The van der Waals surface area contributed by atoms with Gasteiger partial charge in [-0.1, -0.05) is 18.2 Å². The standard InChI is InChI=1S/C18H17FN2O3/c1-12-4-5-13(10-16(12)21(23)24)6-9-18(22)15-8-7-14(19)11-17(15)20(2)3/h4-11H,1-3H3/b9-6+. The van der Waals surface area contributed by atoms with E-state index in [0.717, 1.165) is 0 Å². The normalized spacial score (nSPS) is 10.8. The van der Waals surface area contributed by atoms with Crippen molar-refractivity contribution in [1.29, 1.82) is 0 Å². The summed E-state index contributed by atoms with van der Waals surface area (Å²) < 4.78 is 13.4. The van der Waals surface area contributed by atoms with Gasteiger partial charge in [-0.25, -0.2) is 4.39 Å². The van der Waals surface area contributed by atoms with E-state index in [1.165, 1.54) is 36.4 Å². The maximum absolute atomic E-state index is 13.4. The van der Waals surface area contributed by atoms with Crippen molar-refractivity contribution in [3.8, 4) is 0 Å². The summed E-state index contributed by atoms with van der Waals surface area (Å²) >= 11 is 0. The minimum Gasteiger partial charge on any atom is -0.377 e. The molecule has 0 aliphatic heterocycles. The number of halogens is 1. The van der Waals surface area contributed by atoms with E-state index < -0.39 is 10.7 Å². The highest BCUT2D eigenvalue weighted by atomic mass is 19.1. The molecule has 0 aliphatic carbocycles. The lowest BCUT2D eigenvalue weighted by molar-refractivity contribution is -0.385. The maximum Gasteiger partial charge on any atom is 0.272 e. The number of carbonyl (C=O) groups is 1. The average molecular weight is 328 g/mol. The van der Waals surface area contributed by atoms with Crippen LogP contribution in [0, 0.1) is 22.9 Å². The second-order valence-electron chi connectivity index (χ2n) is 5.56. The van der Waals surface area contributed by atoms with E-state index in [1.807, 2.05) is 0 Å². The molecule has 24 heavy (non-hydrogen) atoms. The molecular formula is C18H17FN2O3. The van der Waals surface area contributed by atoms with E-state index in [9.17, 15) is 19.3 Å². The van der Waals surface area contributed by atoms with Gasteiger partial charge in [0.15, 0.2) is 5.78 Å². The Balaban J connectivity index is 2.32. The van der Waals surface area contributed by atoms with Crippen molar-refractivity contribution in [2.24, 2.45) is 0 Å². The highest BCUT2D eigenvalue weighted by molar-refractivity contribution is 6.10. The minimum atomic E-state index is -0.460. The van der Waals surface area contributed by atoms with Crippen molar-refractivity contribution in [1.82, 2.24) is 0 Å². The van der Waals surface area contributed by atoms with Crippen molar-refractivity contribution >= 4 is 23.2 Å². The Kier molecular flexibility index (Phi) is 5.08. The molecule has 0 unspecified atom stereocenters. The van der Waals surface area contributed by atoms with Gasteiger partial charge < -0.3 is 4.90 Å². The van der Waals surface area contributed by atoms with E-state index >= 15 is 0 Å². The van der Waals surface area contributed by atoms with Crippen LogP contribution in [0.15, 0.2) is 42.5 Å². The summed E-state index contributed by atoms with van der Waals surface area (Å²) in [7, 11) is 3.44. The highest BCUT2D eigenvalue weighted by Crippen LogP contribution is 2.23. The first-order valence-electron chi connectivity index (χ1n) is 7.24. The molecule has 2 aromatic carbocycles. The second-order valence-corrected chi connectivity index (χ2v) is 5.56. The Morgan fingerprint density at radius 3 is 2.54 bits per heavy atom. The summed E-state index contributed by atoms with van der Waals surface area (Å²) in [5.41, 5.74) is 1.94. The molecule has 0 fully saturated rings. The molecule has 0 amide bonds. The van der Waals surface area contributed by atoms with Crippen LogP contribution < -0.4 is 4.90 Å². The number of carbonyl (C=O) groups excluding carboxylic acids is 1. The van der Waals surface area contributed by atoms with Crippen LogP contribution in [-0.4, -0.2) is 24.8 Å². The van der Waals surface area contributed by atoms with Crippen LogP contribution in [-0.2, 0) is 0 Å². The molecule has 6 heteroatoms. The molecule has 0 saturated carbocycles. The zero-order chi connectivity index (χ0) is 17.9. The summed E-state index contributed by atoms with van der Waals surface area (Å²) in [5, 5.41) is 11.0. The van der Waals surface area contributed by atoms with Gasteiger partial charge in [0.1, 0.15) is 5.82 Å². The molecule has 124 valence electrons. The molecule has 2 rings (SSSR count). The number of nitrogens with zero attached hydrogens (tertiary/aromatic N) is 2. The van der Waals surface area contributed by atoms with Crippen molar-refractivity contribution in [2.75, 3.05) is 19.0 Å². The summed E-state index contributed by atoms with van der Waals surface area (Å²) in [4.78, 5) is 24.5. The largest absolute Gasteiger partial charge is 0.377 e. The quantitative estimate of drug-likeness (QED) is 0.360. The Labute approximate surface area is 139 Å². The predicted molar refractivity (Wildman–Crippen MR) is 91.9 cm³/mol. The van der Waals surface area contributed by atoms with Crippen LogP contribution >= 0.6 is 0 Å². The Hall–Kier alpha value is -3.02.